The molecule has 1 unspecified atom stereocenters. The Kier molecular flexibility index (Phi) is 6.78. The van der Waals surface area contributed by atoms with E-state index in [4.69, 9.17) is 14.2 Å². The summed E-state index contributed by atoms with van der Waals surface area (Å²) in [6.45, 7) is -0.00894. The zero-order chi connectivity index (χ0) is 25.0. The fourth-order valence-electron chi connectivity index (χ4n) is 3.38. The molecular weight excluding hydrogens is 474 g/mol. The van der Waals surface area contributed by atoms with Gasteiger partial charge in [0.25, 0.3) is 21.8 Å². The van der Waals surface area contributed by atoms with Crippen LogP contribution in [-0.2, 0) is 14.8 Å². The second-order valence-corrected chi connectivity index (χ2v) is 9.45. The molecule has 0 radical (unpaired) electrons. The van der Waals surface area contributed by atoms with E-state index in [1.165, 1.54) is 38.4 Å². The Morgan fingerprint density at radius 3 is 2.31 bits per heavy atom. The smallest absolute Gasteiger partial charge is 0.283 e. The molecule has 2 amide bonds. The van der Waals surface area contributed by atoms with E-state index in [1.807, 2.05) is 0 Å². The Bertz CT molecular complexity index is 1340. The molecule has 10 nitrogen and oxygen atoms in total. The molecule has 182 valence electrons. The fourth-order valence-corrected chi connectivity index (χ4v) is 4.58. The number of rotatable bonds is 6. The fraction of sp³-hybridized carbons (Fsp3) is 0.167. The van der Waals surface area contributed by atoms with Crippen molar-refractivity contribution in [3.05, 3.63) is 78.4 Å². The maximum Gasteiger partial charge on any atom is 0.283 e. The van der Waals surface area contributed by atoms with Crippen molar-refractivity contribution in [3.8, 4) is 17.2 Å². The third-order valence-corrected chi connectivity index (χ3v) is 7.09. The first-order chi connectivity index (χ1) is 16.8. The molecule has 1 heterocycles. The van der Waals surface area contributed by atoms with E-state index in [0.717, 1.165) is 4.31 Å². The number of carbonyl (C=O) groups excluding carboxylic acids is 2. The summed E-state index contributed by atoms with van der Waals surface area (Å²) in [4.78, 5) is 24.8. The average molecular weight is 498 g/mol. The number of amides is 2. The third kappa shape index (κ3) is 4.99. The number of nitrogens with zero attached hydrogens (tertiary/aromatic N) is 1. The van der Waals surface area contributed by atoms with Crippen LogP contribution in [0.2, 0.25) is 0 Å². The molecule has 0 bridgehead atoms. The summed E-state index contributed by atoms with van der Waals surface area (Å²) < 4.78 is 43.5. The summed E-state index contributed by atoms with van der Waals surface area (Å²) in [7, 11) is -1.04. The highest BCUT2D eigenvalue weighted by atomic mass is 32.2. The van der Waals surface area contributed by atoms with Crippen molar-refractivity contribution >= 4 is 27.5 Å². The van der Waals surface area contributed by atoms with E-state index < -0.39 is 27.9 Å². The number of para-hydroxylation sites is 4. The van der Waals surface area contributed by atoms with E-state index in [-0.39, 0.29) is 17.1 Å². The van der Waals surface area contributed by atoms with Crippen molar-refractivity contribution in [3.63, 3.8) is 0 Å². The summed E-state index contributed by atoms with van der Waals surface area (Å²) in [6.07, 6.45) is -0.941. The molecule has 0 saturated carbocycles. The molecular formula is C24H23N3O7S. The minimum absolute atomic E-state index is 0.00894. The molecule has 1 aliphatic rings. The van der Waals surface area contributed by atoms with Crippen LogP contribution in [0.5, 0.6) is 17.2 Å². The lowest BCUT2D eigenvalue weighted by Gasteiger charge is -2.25. The number of fused-ring (bicyclic) bond motifs is 1. The van der Waals surface area contributed by atoms with Gasteiger partial charge >= 0.3 is 0 Å². The van der Waals surface area contributed by atoms with Gasteiger partial charge in [0, 0.05) is 12.6 Å². The lowest BCUT2D eigenvalue weighted by Crippen LogP contribution is -2.50. The van der Waals surface area contributed by atoms with Crippen LogP contribution in [0, 0.1) is 0 Å². The molecule has 0 spiro atoms. The maximum atomic E-state index is 13.0. The molecule has 11 heteroatoms. The van der Waals surface area contributed by atoms with Crippen LogP contribution in [-0.4, -0.2) is 47.1 Å². The summed E-state index contributed by atoms with van der Waals surface area (Å²) >= 11 is 0. The number of carbonyl (C=O) groups is 2. The van der Waals surface area contributed by atoms with Crippen molar-refractivity contribution in [1.82, 2.24) is 10.9 Å². The highest BCUT2D eigenvalue weighted by molar-refractivity contribution is 7.92. The molecule has 3 aromatic rings. The van der Waals surface area contributed by atoms with Gasteiger partial charge in [-0.1, -0.05) is 24.3 Å². The predicted octanol–water partition coefficient (Wildman–Crippen LogP) is 2.12. The van der Waals surface area contributed by atoms with Gasteiger partial charge < -0.3 is 14.2 Å². The zero-order valence-electron chi connectivity index (χ0n) is 18.9. The summed E-state index contributed by atoms with van der Waals surface area (Å²) in [5.41, 5.74) is 5.11. The number of hydrazine groups is 1. The second kappa shape index (κ2) is 9.94. The number of benzene rings is 3. The van der Waals surface area contributed by atoms with Crippen LogP contribution in [0.25, 0.3) is 0 Å². The second-order valence-electron chi connectivity index (χ2n) is 7.48. The lowest BCUT2D eigenvalue weighted by molar-refractivity contribution is -0.131. The number of hydrogen-bond acceptors (Lipinski definition) is 7. The Morgan fingerprint density at radius 1 is 0.943 bits per heavy atom. The van der Waals surface area contributed by atoms with Gasteiger partial charge in [0.2, 0.25) is 6.10 Å². The molecule has 0 aromatic heterocycles. The average Bonchev–Trinajstić information content (AvgIpc) is 2.90. The number of methoxy groups -OCH3 is 1. The highest BCUT2D eigenvalue weighted by Crippen LogP contribution is 2.31. The first kappa shape index (κ1) is 23.9. The minimum atomic E-state index is -3.91. The molecule has 0 fully saturated rings. The first-order valence-electron chi connectivity index (χ1n) is 10.5. The lowest BCUT2D eigenvalue weighted by atomic mass is 10.2. The van der Waals surface area contributed by atoms with E-state index >= 15 is 0 Å². The van der Waals surface area contributed by atoms with E-state index in [9.17, 15) is 18.0 Å². The molecule has 0 aliphatic carbocycles. The molecule has 35 heavy (non-hydrogen) atoms. The van der Waals surface area contributed by atoms with Crippen molar-refractivity contribution in [2.45, 2.75) is 11.0 Å². The van der Waals surface area contributed by atoms with Crippen molar-refractivity contribution < 1.29 is 32.2 Å². The number of sulfonamides is 1. The van der Waals surface area contributed by atoms with Crippen molar-refractivity contribution in [2.75, 3.05) is 25.1 Å². The summed E-state index contributed by atoms with van der Waals surface area (Å²) in [5, 5.41) is 0. The van der Waals surface area contributed by atoms with Gasteiger partial charge in [0.15, 0.2) is 11.5 Å². The topological polar surface area (TPSA) is 123 Å². The number of hydrogen-bond donors (Lipinski definition) is 2. The Hall–Kier alpha value is -4.25. The highest BCUT2D eigenvalue weighted by Gasteiger charge is 2.28. The quantitative estimate of drug-likeness (QED) is 0.500. The molecule has 3 aromatic carbocycles. The monoisotopic (exact) mass is 497 g/mol. The molecule has 2 N–H and O–H groups in total. The Labute approximate surface area is 202 Å². The van der Waals surface area contributed by atoms with Gasteiger partial charge in [0.05, 0.1) is 17.7 Å². The van der Waals surface area contributed by atoms with Crippen LogP contribution < -0.4 is 29.4 Å². The van der Waals surface area contributed by atoms with Crippen molar-refractivity contribution in [1.29, 1.82) is 0 Å². The number of nitrogens with one attached hydrogen (secondary N) is 2. The normalized spacial score (nSPS) is 14.5. The summed E-state index contributed by atoms with van der Waals surface area (Å²) in [5.74, 6) is 0.149. The van der Waals surface area contributed by atoms with Gasteiger partial charge in [-0.3, -0.25) is 24.7 Å². The van der Waals surface area contributed by atoms with Crippen LogP contribution in [0.1, 0.15) is 10.4 Å². The summed E-state index contributed by atoms with van der Waals surface area (Å²) in [6, 6.07) is 19.0. The SMILES string of the molecule is COc1ccccc1N(C)S(=O)(=O)c1ccc(C(=O)NNC(=O)C2COc3ccccc3O2)cc1. The molecule has 1 aliphatic heterocycles. The van der Waals surface area contributed by atoms with Gasteiger partial charge in [-0.2, -0.15) is 0 Å². The minimum Gasteiger partial charge on any atom is -0.495 e. The molecule has 0 saturated heterocycles. The van der Waals surface area contributed by atoms with Gasteiger partial charge in [-0.25, -0.2) is 8.42 Å². The van der Waals surface area contributed by atoms with Crippen LogP contribution in [0.4, 0.5) is 5.69 Å². The number of ether oxygens (including phenoxy) is 3. The standard InChI is InChI=1S/C24H23N3O7S/c1-27(18-7-3-4-8-19(18)32-2)35(30,31)17-13-11-16(12-14-17)23(28)25-26-24(29)22-15-33-20-9-5-6-10-21(20)34-22/h3-14,22H,15H2,1-2H3,(H,25,28)(H,26,29). The Morgan fingerprint density at radius 2 is 1.60 bits per heavy atom. The zero-order valence-corrected chi connectivity index (χ0v) is 19.7. The molecule has 4 rings (SSSR count). The molecule has 1 atom stereocenters. The van der Waals surface area contributed by atoms with Gasteiger partial charge in [0.1, 0.15) is 12.4 Å². The van der Waals surface area contributed by atoms with Gasteiger partial charge in [-0.05, 0) is 48.5 Å². The van der Waals surface area contributed by atoms with E-state index in [2.05, 4.69) is 10.9 Å². The Balaban J connectivity index is 1.38. The number of anilines is 1. The van der Waals surface area contributed by atoms with E-state index in [1.54, 1.807) is 48.5 Å². The van der Waals surface area contributed by atoms with Crippen LogP contribution in [0.3, 0.4) is 0 Å². The van der Waals surface area contributed by atoms with E-state index in [0.29, 0.717) is 22.9 Å². The van der Waals surface area contributed by atoms with Crippen LogP contribution >= 0.6 is 0 Å². The van der Waals surface area contributed by atoms with Gasteiger partial charge in [-0.15, -0.1) is 0 Å². The largest absolute Gasteiger partial charge is 0.495 e. The maximum absolute atomic E-state index is 13.0. The first-order valence-corrected chi connectivity index (χ1v) is 12.0. The van der Waals surface area contributed by atoms with Crippen molar-refractivity contribution in [2.24, 2.45) is 0 Å². The predicted molar refractivity (Wildman–Crippen MR) is 127 cm³/mol. The van der Waals surface area contributed by atoms with Crippen LogP contribution in [0.15, 0.2) is 77.7 Å². The third-order valence-electron chi connectivity index (χ3n) is 5.30.